The largest absolute Gasteiger partial charge is 0.480 e. The fraction of sp³-hybridized carbons (Fsp3) is 0.800. The molecule has 1 atom stereocenters. The Morgan fingerprint density at radius 2 is 2.06 bits per heavy atom. The van der Waals surface area contributed by atoms with Gasteiger partial charge in [0.05, 0.1) is 19.8 Å². The van der Waals surface area contributed by atoms with Gasteiger partial charge in [-0.25, -0.2) is 4.79 Å². The number of carboxylic acids is 1. The fourth-order valence-corrected chi connectivity index (χ4v) is 1.93. The van der Waals surface area contributed by atoms with Crippen LogP contribution in [0.4, 0.5) is 0 Å². The minimum absolute atomic E-state index is 0.00822. The number of carbonyl (C=O) groups excluding carboxylic acids is 1. The van der Waals surface area contributed by atoms with Crippen molar-refractivity contribution in [3.8, 4) is 0 Å². The molecule has 3 N–H and O–H groups in total. The van der Waals surface area contributed by atoms with Crippen LogP contribution in [0.5, 0.6) is 0 Å². The Kier molecular flexibility index (Phi) is 9.89. The fourth-order valence-electron chi connectivity index (χ4n) is 1.09. The van der Waals surface area contributed by atoms with Crippen LogP contribution in [0.2, 0.25) is 0 Å². The molecule has 0 bridgehead atoms. The first-order chi connectivity index (χ1) is 8.07. The Bertz CT molecular complexity index is 237. The van der Waals surface area contributed by atoms with Crippen LogP contribution in [0.25, 0.3) is 0 Å². The summed E-state index contributed by atoms with van der Waals surface area (Å²) in [5.74, 6) is 0.0255. The number of hydrogen-bond donors (Lipinski definition) is 3. The molecule has 0 fully saturated rings. The third-order valence-corrected chi connectivity index (χ3v) is 2.81. The van der Waals surface area contributed by atoms with E-state index in [1.807, 2.05) is 0 Å². The van der Waals surface area contributed by atoms with E-state index in [-0.39, 0.29) is 12.5 Å². The van der Waals surface area contributed by atoms with Gasteiger partial charge in [0.15, 0.2) is 0 Å². The number of amides is 1. The van der Waals surface area contributed by atoms with Crippen molar-refractivity contribution in [3.63, 3.8) is 0 Å². The number of aliphatic hydroxyl groups is 1. The standard InChI is InChI=1S/C10H19NO5S/c1-8(13)11-9(10(14)15)2-6-17-7-5-16-4-3-12/h9,12H,2-7H2,1H3,(H,11,13)(H,14,15). The van der Waals surface area contributed by atoms with E-state index in [0.717, 1.165) is 5.75 Å². The number of ether oxygens (including phenoxy) is 1. The normalized spacial score (nSPS) is 12.1. The summed E-state index contributed by atoms with van der Waals surface area (Å²) in [6.07, 6.45) is 0.388. The minimum atomic E-state index is -1.02. The number of nitrogens with one attached hydrogen (secondary N) is 1. The van der Waals surface area contributed by atoms with Crippen LogP contribution in [0.1, 0.15) is 13.3 Å². The summed E-state index contributed by atoms with van der Waals surface area (Å²) in [5.41, 5.74) is 0. The molecule has 6 nitrogen and oxygen atoms in total. The molecule has 1 amide bonds. The quantitative estimate of drug-likeness (QED) is 0.470. The van der Waals surface area contributed by atoms with Crippen molar-refractivity contribution in [2.45, 2.75) is 19.4 Å². The predicted octanol–water partition coefficient (Wildman–Crippen LogP) is -0.292. The number of hydrogen-bond acceptors (Lipinski definition) is 5. The highest BCUT2D eigenvalue weighted by Crippen LogP contribution is 2.05. The molecule has 0 saturated carbocycles. The number of rotatable bonds is 10. The van der Waals surface area contributed by atoms with Gasteiger partial charge < -0.3 is 20.3 Å². The molecule has 0 aliphatic heterocycles. The molecule has 0 rings (SSSR count). The van der Waals surface area contributed by atoms with E-state index >= 15 is 0 Å². The molecular weight excluding hydrogens is 246 g/mol. The smallest absolute Gasteiger partial charge is 0.326 e. The van der Waals surface area contributed by atoms with Crippen LogP contribution >= 0.6 is 11.8 Å². The molecule has 0 aromatic heterocycles. The summed E-state index contributed by atoms with van der Waals surface area (Å²) in [7, 11) is 0. The average molecular weight is 265 g/mol. The Morgan fingerprint density at radius 3 is 2.59 bits per heavy atom. The van der Waals surface area contributed by atoms with Gasteiger partial charge in [-0.05, 0) is 12.2 Å². The van der Waals surface area contributed by atoms with Gasteiger partial charge in [-0.2, -0.15) is 11.8 Å². The van der Waals surface area contributed by atoms with E-state index in [1.54, 1.807) is 11.8 Å². The first-order valence-corrected chi connectivity index (χ1v) is 6.49. The Balaban J connectivity index is 3.55. The summed E-state index contributed by atoms with van der Waals surface area (Å²) in [6.45, 7) is 2.16. The highest BCUT2D eigenvalue weighted by atomic mass is 32.2. The molecule has 7 heteroatoms. The molecule has 0 radical (unpaired) electrons. The lowest BCUT2D eigenvalue weighted by molar-refractivity contribution is -0.141. The van der Waals surface area contributed by atoms with Crippen molar-refractivity contribution in [2.24, 2.45) is 0 Å². The van der Waals surface area contributed by atoms with E-state index in [2.05, 4.69) is 5.32 Å². The summed E-state index contributed by atoms with van der Waals surface area (Å²) >= 11 is 1.56. The topological polar surface area (TPSA) is 95.9 Å². The Labute approximate surface area is 105 Å². The monoisotopic (exact) mass is 265 g/mol. The van der Waals surface area contributed by atoms with E-state index in [0.29, 0.717) is 25.4 Å². The highest BCUT2D eigenvalue weighted by Gasteiger charge is 2.17. The van der Waals surface area contributed by atoms with Gasteiger partial charge in [-0.3, -0.25) is 4.79 Å². The zero-order chi connectivity index (χ0) is 13.1. The number of carbonyl (C=O) groups is 2. The number of aliphatic carboxylic acids is 1. The van der Waals surface area contributed by atoms with Gasteiger partial charge in [-0.1, -0.05) is 0 Å². The predicted molar refractivity (Wildman–Crippen MR) is 65.1 cm³/mol. The molecule has 0 aliphatic rings. The maximum absolute atomic E-state index is 10.8. The minimum Gasteiger partial charge on any atom is -0.480 e. The molecule has 0 aromatic carbocycles. The second kappa shape index (κ2) is 10.4. The van der Waals surface area contributed by atoms with Crippen LogP contribution < -0.4 is 5.32 Å². The molecule has 0 aromatic rings. The summed E-state index contributed by atoms with van der Waals surface area (Å²) in [6, 6.07) is -0.821. The van der Waals surface area contributed by atoms with Crippen LogP contribution in [0, 0.1) is 0 Å². The number of carboxylic acid groups (broad SMARTS) is 1. The third kappa shape index (κ3) is 10.1. The molecule has 0 aliphatic carbocycles. The van der Waals surface area contributed by atoms with Crippen molar-refractivity contribution >= 4 is 23.6 Å². The SMILES string of the molecule is CC(=O)NC(CCSCCOCCO)C(=O)O. The van der Waals surface area contributed by atoms with Gasteiger partial charge in [0.25, 0.3) is 0 Å². The second-order valence-corrected chi connectivity index (χ2v) is 4.55. The highest BCUT2D eigenvalue weighted by molar-refractivity contribution is 7.99. The zero-order valence-corrected chi connectivity index (χ0v) is 10.7. The first kappa shape index (κ1) is 16.2. The van der Waals surface area contributed by atoms with Crippen molar-refractivity contribution < 1.29 is 24.5 Å². The van der Waals surface area contributed by atoms with E-state index in [4.69, 9.17) is 14.9 Å². The summed E-state index contributed by atoms with van der Waals surface area (Å²) in [4.78, 5) is 21.5. The lowest BCUT2D eigenvalue weighted by atomic mass is 10.2. The van der Waals surface area contributed by atoms with Gasteiger partial charge in [0, 0.05) is 12.7 Å². The third-order valence-electron chi connectivity index (χ3n) is 1.83. The second-order valence-electron chi connectivity index (χ2n) is 3.33. The maximum atomic E-state index is 10.8. The van der Waals surface area contributed by atoms with Gasteiger partial charge >= 0.3 is 5.97 Å². The van der Waals surface area contributed by atoms with E-state index < -0.39 is 12.0 Å². The molecular formula is C10H19NO5S. The molecule has 1 unspecified atom stereocenters. The van der Waals surface area contributed by atoms with Gasteiger partial charge in [0.2, 0.25) is 5.91 Å². The Morgan fingerprint density at radius 1 is 1.35 bits per heavy atom. The lowest BCUT2D eigenvalue weighted by Gasteiger charge is -2.12. The van der Waals surface area contributed by atoms with Crippen molar-refractivity contribution in [3.05, 3.63) is 0 Å². The van der Waals surface area contributed by atoms with E-state index in [1.165, 1.54) is 6.92 Å². The molecule has 17 heavy (non-hydrogen) atoms. The van der Waals surface area contributed by atoms with Crippen molar-refractivity contribution in [2.75, 3.05) is 31.3 Å². The number of thioether (sulfide) groups is 1. The van der Waals surface area contributed by atoms with Crippen molar-refractivity contribution in [1.82, 2.24) is 5.32 Å². The maximum Gasteiger partial charge on any atom is 0.326 e. The summed E-state index contributed by atoms with van der Waals surface area (Å²) < 4.78 is 5.04. The van der Waals surface area contributed by atoms with Crippen LogP contribution in [0.15, 0.2) is 0 Å². The zero-order valence-electron chi connectivity index (χ0n) is 9.85. The molecule has 100 valence electrons. The van der Waals surface area contributed by atoms with Crippen LogP contribution in [-0.4, -0.2) is 59.5 Å². The first-order valence-electron chi connectivity index (χ1n) is 5.34. The molecule has 0 saturated heterocycles. The average Bonchev–Trinajstić information content (AvgIpc) is 2.25. The van der Waals surface area contributed by atoms with Crippen molar-refractivity contribution in [1.29, 1.82) is 0 Å². The molecule has 0 heterocycles. The van der Waals surface area contributed by atoms with Gasteiger partial charge in [0.1, 0.15) is 6.04 Å². The van der Waals surface area contributed by atoms with Crippen LogP contribution in [-0.2, 0) is 14.3 Å². The Hall–Kier alpha value is -0.790. The molecule has 0 spiro atoms. The lowest BCUT2D eigenvalue weighted by Crippen LogP contribution is -2.39. The van der Waals surface area contributed by atoms with E-state index in [9.17, 15) is 9.59 Å². The summed E-state index contributed by atoms with van der Waals surface area (Å²) in [5, 5.41) is 19.6. The van der Waals surface area contributed by atoms with Crippen LogP contribution in [0.3, 0.4) is 0 Å². The van der Waals surface area contributed by atoms with Gasteiger partial charge in [-0.15, -0.1) is 0 Å². The number of aliphatic hydroxyl groups excluding tert-OH is 1.